The lowest BCUT2D eigenvalue weighted by atomic mass is 9.96. The molecule has 9 N–H and O–H groups in total. The van der Waals surface area contributed by atoms with E-state index in [1.165, 1.54) is 22.4 Å². The number of nitrogens with zero attached hydrogens (tertiary/aromatic N) is 7. The number of imidazole rings is 2. The van der Waals surface area contributed by atoms with Gasteiger partial charge in [0.15, 0.2) is 41.2 Å². The number of hydrogen-bond donors (Lipinski definition) is 7. The molecule has 0 radical (unpaired) electrons. The Hall–Kier alpha value is -3.79. The summed E-state index contributed by atoms with van der Waals surface area (Å²) >= 11 is 0. The van der Waals surface area contributed by atoms with E-state index >= 15 is 0 Å². The Labute approximate surface area is 257 Å². The number of aromatic nitrogens is 8. The summed E-state index contributed by atoms with van der Waals surface area (Å²) in [5.41, 5.74) is 9.56. The largest absolute Gasteiger partial charge is 0.695 e. The van der Waals surface area contributed by atoms with Crippen LogP contribution in [0.5, 0.6) is 0 Å². The first kappa shape index (κ1) is 32.2. The van der Waals surface area contributed by atoms with Gasteiger partial charge in [-0.25, -0.2) is 24.5 Å². The van der Waals surface area contributed by atoms with Crippen molar-refractivity contribution in [3.05, 3.63) is 41.5 Å². The number of aromatic amines is 1. The van der Waals surface area contributed by atoms with Crippen molar-refractivity contribution in [1.82, 2.24) is 39.0 Å². The molecule has 0 amide bonds. The normalized spacial score (nSPS) is 29.9. The first-order valence-electron chi connectivity index (χ1n) is 13.2. The summed E-state index contributed by atoms with van der Waals surface area (Å²) in [6, 6.07) is 0. The fourth-order valence-corrected chi connectivity index (χ4v) is 6.56. The van der Waals surface area contributed by atoms with Gasteiger partial charge in [-0.15, -0.1) is 9.42 Å². The van der Waals surface area contributed by atoms with E-state index in [4.69, 9.17) is 34.5 Å². The molecule has 6 heterocycles. The van der Waals surface area contributed by atoms with Gasteiger partial charge in [0.2, 0.25) is 5.95 Å². The number of H-pyrrole nitrogens is 1. The van der Waals surface area contributed by atoms with Crippen molar-refractivity contribution in [3.8, 4) is 0 Å². The number of fused-ring (bicyclic) bond motifs is 2. The molecule has 4 aromatic rings. The molecule has 0 bridgehead atoms. The van der Waals surface area contributed by atoms with Gasteiger partial charge in [-0.05, 0) is 12.5 Å². The van der Waals surface area contributed by atoms with Crippen LogP contribution in [-0.4, -0.2) is 102 Å². The number of aliphatic hydroxyl groups is 2. The summed E-state index contributed by atoms with van der Waals surface area (Å²) < 4.78 is 54.8. The Bertz CT molecular complexity index is 1950. The Balaban J connectivity index is 1.24. The van der Waals surface area contributed by atoms with Gasteiger partial charge < -0.3 is 36.0 Å². The Morgan fingerprint density at radius 2 is 1.87 bits per heavy atom. The Morgan fingerprint density at radius 3 is 2.57 bits per heavy atom. The average molecular weight is 685 g/mol. The van der Waals surface area contributed by atoms with E-state index < -0.39 is 77.3 Å². The topological polar surface area (TPSA) is 320 Å². The zero-order valence-electron chi connectivity index (χ0n) is 23.6. The minimum Gasteiger partial charge on any atom is -0.393 e. The maximum atomic E-state index is 13.3. The number of nitrogens with one attached hydrogen (secondary N) is 1. The molecule has 0 spiro atoms. The van der Waals surface area contributed by atoms with Crippen LogP contribution in [0.25, 0.3) is 22.3 Å². The van der Waals surface area contributed by atoms with Crippen LogP contribution >= 0.6 is 16.1 Å². The monoisotopic (exact) mass is 685 g/mol. The summed E-state index contributed by atoms with van der Waals surface area (Å²) in [6.07, 6.45) is -5.18. The zero-order valence-corrected chi connectivity index (χ0v) is 25.3. The standard InChI is InChI=1S/C22H26N10O12P2/c1-8-13(20(42-22(8,2)4-33)32-7-28-11-17(32)29-21(24)30-18(11)35)44-46(38,39)40-3-9-14(43-45(36)37)12(34)19(41-9)31-6-27-10-15(23)25-5-26-16(10)31/h5-7,9,12-14,19-20,33-34H,1,3-4H2,2H3,(H6-,23,24,25,26,29,30,35,36,37,38,39)/p+1. The van der Waals surface area contributed by atoms with E-state index in [0.29, 0.717) is 0 Å². The second-order valence-electron chi connectivity index (χ2n) is 10.4. The third kappa shape index (κ3) is 5.58. The molecule has 2 saturated heterocycles. The highest BCUT2D eigenvalue weighted by Gasteiger charge is 2.53. The van der Waals surface area contributed by atoms with Crippen molar-refractivity contribution < 1.29 is 52.2 Å². The van der Waals surface area contributed by atoms with E-state index in [1.807, 2.05) is 0 Å². The smallest absolute Gasteiger partial charge is 0.393 e. The molecule has 246 valence electrons. The number of hydrogen-bond acceptors (Lipinski definition) is 17. The molecule has 0 aliphatic carbocycles. The van der Waals surface area contributed by atoms with E-state index in [9.17, 15) is 33.9 Å². The number of aliphatic hydroxyl groups excluding tert-OH is 2. The van der Waals surface area contributed by atoms with Gasteiger partial charge in [0.1, 0.15) is 35.8 Å². The minimum absolute atomic E-state index is 0.0249. The summed E-state index contributed by atoms with van der Waals surface area (Å²) in [7, 11) is -8.38. The summed E-state index contributed by atoms with van der Waals surface area (Å²) in [6.45, 7) is 3.90. The van der Waals surface area contributed by atoms with E-state index in [2.05, 4.69) is 36.5 Å². The van der Waals surface area contributed by atoms with E-state index in [0.717, 1.165) is 12.7 Å². The number of ether oxygens (including phenoxy) is 2. The van der Waals surface area contributed by atoms with Gasteiger partial charge >= 0.3 is 16.1 Å². The van der Waals surface area contributed by atoms with Crippen molar-refractivity contribution in [2.45, 2.75) is 49.4 Å². The van der Waals surface area contributed by atoms with Gasteiger partial charge in [0, 0.05) is 4.57 Å². The van der Waals surface area contributed by atoms with E-state index in [-0.39, 0.29) is 39.7 Å². The SMILES string of the molecule is C=C1C(OP(=O)(O)OCC2OC(n3cnc4c(N)ncnc43)C(O)C2O[P+](=O)O)C(n2cnc3c(=O)[nH]c(N)nc32)OC1(C)CO. The molecule has 6 rings (SSSR count). The molecule has 24 heteroatoms. The molecule has 9 unspecified atom stereocenters. The third-order valence-corrected chi connectivity index (χ3v) is 8.91. The van der Waals surface area contributed by atoms with Crippen LogP contribution in [0.4, 0.5) is 11.8 Å². The lowest BCUT2D eigenvalue weighted by molar-refractivity contribution is -0.0949. The Morgan fingerprint density at radius 1 is 1.17 bits per heavy atom. The van der Waals surface area contributed by atoms with Gasteiger partial charge in [-0.3, -0.25) is 28.0 Å². The number of nitrogens with two attached hydrogens (primary N) is 2. The number of phosphoric ester groups is 1. The van der Waals surface area contributed by atoms with Gasteiger partial charge in [-0.2, -0.15) is 4.98 Å². The first-order valence-corrected chi connectivity index (χ1v) is 15.8. The van der Waals surface area contributed by atoms with Gasteiger partial charge in [-0.1, -0.05) is 6.58 Å². The second-order valence-corrected chi connectivity index (χ2v) is 12.5. The third-order valence-electron chi connectivity index (χ3n) is 7.52. The number of rotatable bonds is 10. The second kappa shape index (κ2) is 11.8. The molecule has 2 fully saturated rings. The lowest BCUT2D eigenvalue weighted by Crippen LogP contribution is -2.35. The van der Waals surface area contributed by atoms with Crippen LogP contribution < -0.4 is 17.0 Å². The number of anilines is 2. The molecule has 9 atom stereocenters. The summed E-state index contributed by atoms with van der Waals surface area (Å²) in [4.78, 5) is 54.9. The molecule has 0 saturated carbocycles. The zero-order chi connectivity index (χ0) is 33.1. The van der Waals surface area contributed by atoms with Gasteiger partial charge in [0.25, 0.3) is 5.56 Å². The molecular formula is C22H27N10O12P2+. The molecule has 46 heavy (non-hydrogen) atoms. The highest BCUT2D eigenvalue weighted by molar-refractivity contribution is 7.47. The Kier molecular flexibility index (Phi) is 8.24. The summed E-state index contributed by atoms with van der Waals surface area (Å²) in [5.74, 6) is -0.198. The van der Waals surface area contributed by atoms with Gasteiger partial charge in [0.05, 0.1) is 25.9 Å². The predicted molar refractivity (Wildman–Crippen MR) is 152 cm³/mol. The van der Waals surface area contributed by atoms with Crippen LogP contribution in [0.1, 0.15) is 19.4 Å². The molecule has 0 aromatic carbocycles. The first-order chi connectivity index (χ1) is 21.7. The molecule has 2 aliphatic rings. The number of nitrogen functional groups attached to an aromatic ring is 2. The van der Waals surface area contributed by atoms with Crippen LogP contribution in [-0.2, 0) is 32.2 Å². The highest BCUT2D eigenvalue weighted by Crippen LogP contribution is 2.53. The fraction of sp³-hybridized carbons (Fsp3) is 0.455. The maximum absolute atomic E-state index is 13.3. The lowest BCUT2D eigenvalue weighted by Gasteiger charge is -2.24. The predicted octanol–water partition coefficient (Wildman–Crippen LogP) is -1.24. The molecule has 4 aromatic heterocycles. The van der Waals surface area contributed by atoms with Crippen molar-refractivity contribution in [2.24, 2.45) is 0 Å². The maximum Gasteiger partial charge on any atom is 0.695 e. The minimum atomic E-state index is -5.10. The molecule has 22 nitrogen and oxygen atoms in total. The quantitative estimate of drug-likeness (QED) is 0.0757. The van der Waals surface area contributed by atoms with Crippen LogP contribution in [0.3, 0.4) is 0 Å². The van der Waals surface area contributed by atoms with Crippen LogP contribution in [0, 0.1) is 0 Å². The van der Waals surface area contributed by atoms with Crippen molar-refractivity contribution in [1.29, 1.82) is 0 Å². The van der Waals surface area contributed by atoms with Crippen molar-refractivity contribution in [3.63, 3.8) is 0 Å². The molecular weight excluding hydrogens is 658 g/mol. The van der Waals surface area contributed by atoms with Crippen molar-refractivity contribution >= 4 is 50.2 Å². The average Bonchev–Trinajstić information content (AvgIpc) is 3.74. The summed E-state index contributed by atoms with van der Waals surface area (Å²) in [5, 5.41) is 21.0. The molecule has 2 aliphatic heterocycles. The van der Waals surface area contributed by atoms with Crippen LogP contribution in [0.2, 0.25) is 0 Å². The number of phosphoric acid groups is 1. The van der Waals surface area contributed by atoms with Crippen molar-refractivity contribution in [2.75, 3.05) is 24.7 Å². The van der Waals surface area contributed by atoms with Crippen LogP contribution in [0.15, 0.2) is 35.9 Å². The fourth-order valence-electron chi connectivity index (χ4n) is 5.18. The highest BCUT2D eigenvalue weighted by atomic mass is 31.2. The van der Waals surface area contributed by atoms with E-state index in [1.54, 1.807) is 0 Å².